The lowest BCUT2D eigenvalue weighted by Crippen LogP contribution is -2.17. The minimum absolute atomic E-state index is 0.277. The first-order valence-electron chi connectivity index (χ1n) is 21.3. The highest BCUT2D eigenvalue weighted by Gasteiger charge is 2.38. The molecule has 0 spiro atoms. The number of benzene rings is 10. The van der Waals surface area contributed by atoms with E-state index in [9.17, 15) is 0 Å². The van der Waals surface area contributed by atoms with Crippen molar-refractivity contribution in [2.45, 2.75) is 19.3 Å². The summed E-state index contributed by atoms with van der Waals surface area (Å²) in [7, 11) is 0. The summed E-state index contributed by atoms with van der Waals surface area (Å²) >= 11 is 0. The van der Waals surface area contributed by atoms with E-state index in [2.05, 4.69) is 242 Å². The second-order valence-electron chi connectivity index (χ2n) is 16.9. The first-order chi connectivity index (χ1) is 30.0. The highest BCUT2D eigenvalue weighted by molar-refractivity contribution is 6.14. The third-order valence-corrected chi connectivity index (χ3v) is 13.1. The maximum Gasteiger partial charge on any atom is 0.0544 e. The molecule has 0 N–H and O–H groups in total. The molecule has 1 aliphatic carbocycles. The van der Waals surface area contributed by atoms with E-state index in [1.165, 1.54) is 99.2 Å². The highest BCUT2D eigenvalue weighted by atomic mass is 15.1. The number of hydrogen-bond acceptors (Lipinski definition) is 1. The van der Waals surface area contributed by atoms with Gasteiger partial charge < -0.3 is 9.47 Å². The SMILES string of the molecule is CC1(C)c2cc(N(c3ccccc3)c3cccc4ccccc34)ccc2-c2c1cc(-n1c3ccc(-c4ccccc4)cc3c3cc(-c4ccccc4)ccc31)c1ccccc21. The van der Waals surface area contributed by atoms with E-state index in [-0.39, 0.29) is 5.41 Å². The molecule has 288 valence electrons. The summed E-state index contributed by atoms with van der Waals surface area (Å²) in [6.45, 7) is 4.82. The predicted octanol–water partition coefficient (Wildman–Crippen LogP) is 16.2. The van der Waals surface area contributed by atoms with Crippen LogP contribution < -0.4 is 4.90 Å². The van der Waals surface area contributed by atoms with E-state index in [4.69, 9.17) is 0 Å². The van der Waals surface area contributed by atoms with Crippen LogP contribution in [-0.2, 0) is 5.41 Å². The van der Waals surface area contributed by atoms with Crippen LogP contribution in [0.15, 0.2) is 218 Å². The van der Waals surface area contributed by atoms with Crippen molar-refractivity contribution in [2.24, 2.45) is 0 Å². The normalized spacial score (nSPS) is 12.9. The van der Waals surface area contributed by atoms with Crippen molar-refractivity contribution >= 4 is 60.4 Å². The minimum Gasteiger partial charge on any atom is -0.310 e. The van der Waals surface area contributed by atoms with Crippen molar-refractivity contribution in [3.63, 3.8) is 0 Å². The van der Waals surface area contributed by atoms with E-state index in [0.717, 1.165) is 11.4 Å². The van der Waals surface area contributed by atoms with Crippen LogP contribution in [0.5, 0.6) is 0 Å². The zero-order valence-electron chi connectivity index (χ0n) is 34.2. The maximum atomic E-state index is 2.53. The van der Waals surface area contributed by atoms with Gasteiger partial charge in [-0.05, 0) is 116 Å². The van der Waals surface area contributed by atoms with Gasteiger partial charge in [-0.3, -0.25) is 0 Å². The predicted molar refractivity (Wildman–Crippen MR) is 259 cm³/mol. The molecule has 2 heteroatoms. The molecular weight excluding hydrogens is 737 g/mol. The molecular formula is C59H42N2. The van der Waals surface area contributed by atoms with Crippen molar-refractivity contribution in [2.75, 3.05) is 4.90 Å². The van der Waals surface area contributed by atoms with Gasteiger partial charge in [0.05, 0.1) is 22.4 Å². The molecule has 12 rings (SSSR count). The summed E-state index contributed by atoms with van der Waals surface area (Å²) in [6, 6.07) is 80.3. The van der Waals surface area contributed by atoms with Crippen molar-refractivity contribution < 1.29 is 0 Å². The first-order valence-corrected chi connectivity index (χ1v) is 21.3. The van der Waals surface area contributed by atoms with Gasteiger partial charge in [-0.1, -0.05) is 172 Å². The summed E-state index contributed by atoms with van der Waals surface area (Å²) in [5.41, 5.74) is 17.0. The maximum absolute atomic E-state index is 2.53. The molecule has 0 saturated carbocycles. The Hall–Kier alpha value is -7.68. The Morgan fingerprint density at radius 2 is 0.934 bits per heavy atom. The van der Waals surface area contributed by atoms with Gasteiger partial charge in [0.2, 0.25) is 0 Å². The van der Waals surface area contributed by atoms with Gasteiger partial charge >= 0.3 is 0 Å². The lowest BCUT2D eigenvalue weighted by atomic mass is 9.81. The molecule has 1 heterocycles. The lowest BCUT2D eigenvalue weighted by Gasteiger charge is -2.29. The molecule has 0 aliphatic heterocycles. The van der Waals surface area contributed by atoms with Crippen LogP contribution in [0.25, 0.3) is 82.4 Å². The standard InChI is InChI=1S/C59H42N2/c1-59(2)52-37-45(60(44-23-10-5-11-24-44)54-28-16-22-41-21-12-13-25-46(41)54)31-32-49(52)58-48-27-15-14-26-47(48)57(38-53(58)59)61-55-33-29-42(39-17-6-3-7-18-39)35-50(55)51-36-43(30-34-56(51)61)40-19-8-4-9-20-40/h3-38H,1-2H3. The number of aromatic nitrogens is 1. The van der Waals surface area contributed by atoms with Gasteiger partial charge in [-0.2, -0.15) is 0 Å². The molecule has 0 atom stereocenters. The zero-order valence-corrected chi connectivity index (χ0v) is 34.2. The second kappa shape index (κ2) is 13.7. The van der Waals surface area contributed by atoms with Gasteiger partial charge in [-0.15, -0.1) is 0 Å². The number of rotatable bonds is 6. The van der Waals surface area contributed by atoms with Crippen LogP contribution in [0, 0.1) is 0 Å². The smallest absolute Gasteiger partial charge is 0.0544 e. The molecule has 10 aromatic carbocycles. The summed E-state index contributed by atoms with van der Waals surface area (Å²) in [5.74, 6) is 0. The molecule has 0 amide bonds. The fourth-order valence-electron chi connectivity index (χ4n) is 10.2. The summed E-state index contributed by atoms with van der Waals surface area (Å²) in [4.78, 5) is 2.43. The lowest BCUT2D eigenvalue weighted by molar-refractivity contribution is 0.660. The Bertz CT molecular complexity index is 3390. The largest absolute Gasteiger partial charge is 0.310 e. The molecule has 0 radical (unpaired) electrons. The number of hydrogen-bond donors (Lipinski definition) is 0. The third-order valence-electron chi connectivity index (χ3n) is 13.1. The van der Waals surface area contributed by atoms with E-state index < -0.39 is 0 Å². The Kier molecular flexibility index (Phi) is 7.92. The van der Waals surface area contributed by atoms with Gasteiger partial charge in [0.15, 0.2) is 0 Å². The fourth-order valence-corrected chi connectivity index (χ4v) is 10.2. The van der Waals surface area contributed by atoms with E-state index in [1.54, 1.807) is 0 Å². The van der Waals surface area contributed by atoms with E-state index >= 15 is 0 Å². The number of para-hydroxylation sites is 1. The van der Waals surface area contributed by atoms with Crippen molar-refractivity contribution in [1.29, 1.82) is 0 Å². The van der Waals surface area contributed by atoms with Crippen molar-refractivity contribution in [1.82, 2.24) is 4.57 Å². The molecule has 2 nitrogen and oxygen atoms in total. The molecule has 1 aromatic heterocycles. The van der Waals surface area contributed by atoms with Crippen LogP contribution in [-0.4, -0.2) is 4.57 Å². The average molecular weight is 779 g/mol. The Balaban J connectivity index is 1.08. The number of anilines is 3. The van der Waals surface area contributed by atoms with Crippen LogP contribution in [0.1, 0.15) is 25.0 Å². The van der Waals surface area contributed by atoms with E-state index in [1.807, 2.05) is 0 Å². The zero-order chi connectivity index (χ0) is 40.7. The van der Waals surface area contributed by atoms with Crippen molar-refractivity contribution in [3.8, 4) is 39.1 Å². The molecule has 0 saturated heterocycles. The quantitative estimate of drug-likeness (QED) is 0.163. The third kappa shape index (κ3) is 5.49. The minimum atomic E-state index is -0.277. The molecule has 0 bridgehead atoms. The molecule has 61 heavy (non-hydrogen) atoms. The number of nitrogens with zero attached hydrogens (tertiary/aromatic N) is 2. The van der Waals surface area contributed by atoms with Crippen LogP contribution >= 0.6 is 0 Å². The van der Waals surface area contributed by atoms with E-state index in [0.29, 0.717) is 0 Å². The highest BCUT2D eigenvalue weighted by Crippen LogP contribution is 2.55. The molecule has 1 aliphatic rings. The van der Waals surface area contributed by atoms with Gasteiger partial charge in [-0.25, -0.2) is 0 Å². The Morgan fingerprint density at radius 3 is 1.59 bits per heavy atom. The summed E-state index contributed by atoms with van der Waals surface area (Å²) < 4.78 is 2.53. The molecule has 0 fully saturated rings. The topological polar surface area (TPSA) is 8.17 Å². The van der Waals surface area contributed by atoms with Crippen LogP contribution in [0.3, 0.4) is 0 Å². The Labute approximate surface area is 356 Å². The Morgan fingerprint density at radius 1 is 0.377 bits per heavy atom. The fraction of sp³-hybridized carbons (Fsp3) is 0.0508. The van der Waals surface area contributed by atoms with Crippen LogP contribution in [0.4, 0.5) is 17.1 Å². The molecule has 11 aromatic rings. The van der Waals surface area contributed by atoms with Gasteiger partial charge in [0.1, 0.15) is 0 Å². The monoisotopic (exact) mass is 778 g/mol. The summed E-state index contributed by atoms with van der Waals surface area (Å²) in [5, 5.41) is 7.48. The van der Waals surface area contributed by atoms with Crippen molar-refractivity contribution in [3.05, 3.63) is 230 Å². The van der Waals surface area contributed by atoms with Gasteiger partial charge in [0.25, 0.3) is 0 Å². The first kappa shape index (κ1) is 35.3. The number of fused-ring (bicyclic) bond motifs is 9. The van der Waals surface area contributed by atoms with Crippen LogP contribution in [0.2, 0.25) is 0 Å². The summed E-state index contributed by atoms with van der Waals surface area (Å²) in [6.07, 6.45) is 0. The van der Waals surface area contributed by atoms with Gasteiger partial charge in [0, 0.05) is 38.3 Å². The average Bonchev–Trinajstić information content (AvgIpc) is 3.76. The second-order valence-corrected chi connectivity index (χ2v) is 16.9. The molecule has 0 unspecified atom stereocenters.